The molecule has 6 nitrogen and oxygen atoms in total. The number of benzene rings is 3. The van der Waals surface area contributed by atoms with Gasteiger partial charge in [-0.25, -0.2) is 0 Å². The molecule has 0 unspecified atom stereocenters. The van der Waals surface area contributed by atoms with Crippen LogP contribution in [0, 0.1) is 0 Å². The topological polar surface area (TPSA) is 87.7 Å². The number of carbonyl (C=O) groups is 2. The standard InChI is InChI=1S/C25H19NO5/c27-23-21(31-24(22(23)25(28)29)26-19-12-5-2-6-13-19)15-18-11-7-8-14-20(18)30-16-17-9-3-1-4-10-17/h1-15,26H,16H2,(H,28,29)/p-1/b21-15-. The van der Waals surface area contributed by atoms with Gasteiger partial charge in [0.2, 0.25) is 11.7 Å². The number of carboxylic acids is 1. The quantitative estimate of drug-likeness (QED) is 0.473. The fourth-order valence-electron chi connectivity index (χ4n) is 3.06. The molecule has 1 heterocycles. The van der Waals surface area contributed by atoms with E-state index in [0.717, 1.165) is 5.56 Å². The number of carbonyl (C=O) groups excluding carboxylic acids is 2. The van der Waals surface area contributed by atoms with Crippen molar-refractivity contribution in [2.45, 2.75) is 6.61 Å². The second-order valence-corrected chi connectivity index (χ2v) is 6.73. The highest BCUT2D eigenvalue weighted by molar-refractivity contribution is 6.25. The second kappa shape index (κ2) is 9.00. The van der Waals surface area contributed by atoms with Crippen LogP contribution in [0.3, 0.4) is 0 Å². The van der Waals surface area contributed by atoms with E-state index in [2.05, 4.69) is 5.32 Å². The van der Waals surface area contributed by atoms with Gasteiger partial charge in [0.1, 0.15) is 17.9 Å². The van der Waals surface area contributed by atoms with E-state index in [1.54, 1.807) is 42.5 Å². The molecule has 0 saturated heterocycles. The first kappa shape index (κ1) is 20.0. The number of aliphatic carboxylic acids is 1. The van der Waals surface area contributed by atoms with E-state index in [1.807, 2.05) is 42.5 Å². The molecule has 1 aliphatic rings. The summed E-state index contributed by atoms with van der Waals surface area (Å²) in [6.45, 7) is 0.346. The summed E-state index contributed by atoms with van der Waals surface area (Å²) >= 11 is 0. The average Bonchev–Trinajstić information content (AvgIpc) is 3.09. The molecule has 6 heteroatoms. The van der Waals surface area contributed by atoms with Crippen LogP contribution in [0.5, 0.6) is 5.75 Å². The van der Waals surface area contributed by atoms with Gasteiger partial charge in [0.25, 0.3) is 0 Å². The molecule has 3 aromatic carbocycles. The van der Waals surface area contributed by atoms with Crippen LogP contribution in [0.4, 0.5) is 5.69 Å². The molecule has 154 valence electrons. The van der Waals surface area contributed by atoms with Gasteiger partial charge >= 0.3 is 0 Å². The Kier molecular flexibility index (Phi) is 5.80. The van der Waals surface area contributed by atoms with Crippen LogP contribution in [-0.4, -0.2) is 11.8 Å². The Labute approximate surface area is 179 Å². The summed E-state index contributed by atoms with van der Waals surface area (Å²) in [5.41, 5.74) is 1.60. The molecule has 0 saturated carbocycles. The Hall–Kier alpha value is -4.32. The van der Waals surface area contributed by atoms with E-state index >= 15 is 0 Å². The van der Waals surface area contributed by atoms with Crippen LogP contribution in [0.2, 0.25) is 0 Å². The number of rotatable bonds is 7. The summed E-state index contributed by atoms with van der Waals surface area (Å²) in [6.07, 6.45) is 1.46. The second-order valence-electron chi connectivity index (χ2n) is 6.73. The first-order valence-corrected chi connectivity index (χ1v) is 9.59. The van der Waals surface area contributed by atoms with Gasteiger partial charge in [-0.2, -0.15) is 0 Å². The lowest BCUT2D eigenvalue weighted by atomic mass is 10.1. The van der Waals surface area contributed by atoms with Crippen molar-refractivity contribution < 1.29 is 24.2 Å². The van der Waals surface area contributed by atoms with E-state index in [1.165, 1.54) is 6.08 Å². The third kappa shape index (κ3) is 4.64. The molecule has 1 N–H and O–H groups in total. The van der Waals surface area contributed by atoms with Gasteiger partial charge in [-0.1, -0.05) is 66.7 Å². The Morgan fingerprint density at radius 3 is 2.29 bits per heavy atom. The van der Waals surface area contributed by atoms with E-state index in [0.29, 0.717) is 23.6 Å². The summed E-state index contributed by atoms with van der Waals surface area (Å²) in [6, 6.07) is 25.6. The lowest BCUT2D eigenvalue weighted by molar-refractivity contribution is -0.298. The Balaban J connectivity index is 1.58. The number of carboxylic acid groups (broad SMARTS) is 1. The molecule has 1 aliphatic heterocycles. The van der Waals surface area contributed by atoms with E-state index < -0.39 is 17.3 Å². The van der Waals surface area contributed by atoms with Crippen LogP contribution in [-0.2, 0) is 20.9 Å². The Bertz CT molecular complexity index is 1170. The highest BCUT2D eigenvalue weighted by Gasteiger charge is 2.32. The molecule has 31 heavy (non-hydrogen) atoms. The number of nitrogens with one attached hydrogen (secondary N) is 1. The minimum absolute atomic E-state index is 0.131. The van der Waals surface area contributed by atoms with Crippen molar-refractivity contribution in [1.82, 2.24) is 0 Å². The van der Waals surface area contributed by atoms with Gasteiger partial charge in [-0.15, -0.1) is 0 Å². The van der Waals surface area contributed by atoms with Crippen molar-refractivity contribution in [1.29, 1.82) is 0 Å². The number of ether oxygens (including phenoxy) is 2. The number of allylic oxidation sites excluding steroid dienone is 1. The molecule has 0 spiro atoms. The number of hydrogen-bond acceptors (Lipinski definition) is 6. The first-order chi connectivity index (χ1) is 15.1. The molecule has 0 fully saturated rings. The van der Waals surface area contributed by atoms with Crippen LogP contribution < -0.4 is 15.2 Å². The van der Waals surface area contributed by atoms with Crippen molar-refractivity contribution in [2.75, 3.05) is 5.32 Å². The maximum absolute atomic E-state index is 12.7. The summed E-state index contributed by atoms with van der Waals surface area (Å²) in [5.74, 6) is -2.15. The van der Waals surface area contributed by atoms with Crippen molar-refractivity contribution >= 4 is 23.5 Å². The molecular formula is C25H18NO5-. The Morgan fingerprint density at radius 1 is 0.935 bits per heavy atom. The zero-order chi connectivity index (χ0) is 21.6. The lowest BCUT2D eigenvalue weighted by Gasteiger charge is -2.10. The Morgan fingerprint density at radius 2 is 1.58 bits per heavy atom. The van der Waals surface area contributed by atoms with Gasteiger partial charge in [-0.3, -0.25) is 4.79 Å². The van der Waals surface area contributed by atoms with Gasteiger partial charge in [0.05, 0.1) is 5.97 Å². The molecule has 0 radical (unpaired) electrons. The summed E-state index contributed by atoms with van der Waals surface area (Å²) in [5, 5.41) is 14.4. The van der Waals surface area contributed by atoms with E-state index in [4.69, 9.17) is 9.47 Å². The molecule has 0 aromatic heterocycles. The molecule has 0 amide bonds. The van der Waals surface area contributed by atoms with E-state index in [9.17, 15) is 14.7 Å². The van der Waals surface area contributed by atoms with Gasteiger partial charge in [0.15, 0.2) is 5.76 Å². The third-order valence-corrected chi connectivity index (χ3v) is 4.57. The third-order valence-electron chi connectivity index (χ3n) is 4.57. The lowest BCUT2D eigenvalue weighted by Crippen LogP contribution is -2.28. The van der Waals surface area contributed by atoms with Gasteiger partial charge in [-0.05, 0) is 29.8 Å². The molecule has 0 aliphatic carbocycles. The largest absolute Gasteiger partial charge is 0.544 e. The average molecular weight is 412 g/mol. The number of hydrogen-bond donors (Lipinski definition) is 1. The summed E-state index contributed by atoms with van der Waals surface area (Å²) < 4.78 is 11.5. The normalized spacial score (nSPS) is 14.5. The van der Waals surface area contributed by atoms with Gasteiger partial charge in [0, 0.05) is 11.3 Å². The zero-order valence-corrected chi connectivity index (χ0v) is 16.4. The molecule has 0 bridgehead atoms. The van der Waals surface area contributed by atoms with Crippen LogP contribution >= 0.6 is 0 Å². The molecule has 4 rings (SSSR count). The summed E-state index contributed by atoms with van der Waals surface area (Å²) in [4.78, 5) is 24.3. The van der Waals surface area contributed by atoms with Crippen molar-refractivity contribution in [3.05, 3.63) is 113 Å². The van der Waals surface area contributed by atoms with Crippen LogP contribution in [0.25, 0.3) is 6.08 Å². The highest BCUT2D eigenvalue weighted by atomic mass is 16.5. The smallest absolute Gasteiger partial charge is 0.235 e. The minimum atomic E-state index is -1.61. The van der Waals surface area contributed by atoms with Crippen LogP contribution in [0.1, 0.15) is 11.1 Å². The molecule has 3 aromatic rings. The fraction of sp³-hybridized carbons (Fsp3) is 0.0400. The predicted octanol–water partition coefficient (Wildman–Crippen LogP) is 3.28. The maximum Gasteiger partial charge on any atom is 0.235 e. The molecule has 0 atom stereocenters. The zero-order valence-electron chi connectivity index (χ0n) is 16.4. The SMILES string of the molecule is O=C([O-])C1=C(Nc2ccccc2)O/C(=C\c2ccccc2OCc2ccccc2)C1=O. The van der Waals surface area contributed by atoms with Crippen molar-refractivity contribution in [3.8, 4) is 5.75 Å². The number of Topliss-reactive ketones (excluding diaryl/α,β-unsaturated/α-hetero) is 1. The molecular weight excluding hydrogens is 394 g/mol. The van der Waals surface area contributed by atoms with E-state index in [-0.39, 0.29) is 11.6 Å². The summed E-state index contributed by atoms with van der Waals surface area (Å²) in [7, 11) is 0. The number of para-hydroxylation sites is 2. The highest BCUT2D eigenvalue weighted by Crippen LogP contribution is 2.30. The van der Waals surface area contributed by atoms with Crippen LogP contribution in [0.15, 0.2) is 102 Å². The minimum Gasteiger partial charge on any atom is -0.544 e. The number of ketones is 1. The first-order valence-electron chi connectivity index (χ1n) is 9.59. The van der Waals surface area contributed by atoms with Crippen molar-refractivity contribution in [2.24, 2.45) is 0 Å². The number of anilines is 1. The van der Waals surface area contributed by atoms with Gasteiger partial charge < -0.3 is 24.7 Å². The fourth-order valence-corrected chi connectivity index (χ4v) is 3.06. The monoisotopic (exact) mass is 412 g/mol. The maximum atomic E-state index is 12.7. The predicted molar refractivity (Wildman–Crippen MR) is 113 cm³/mol. The van der Waals surface area contributed by atoms with Crippen molar-refractivity contribution in [3.63, 3.8) is 0 Å².